The highest BCUT2D eigenvalue weighted by molar-refractivity contribution is 9.10. The lowest BCUT2D eigenvalue weighted by atomic mass is 10.1. The first kappa shape index (κ1) is 13.6. The van der Waals surface area contributed by atoms with Gasteiger partial charge in [-0.1, -0.05) is 28.1 Å². The van der Waals surface area contributed by atoms with Gasteiger partial charge in [0.25, 0.3) is 5.56 Å². The van der Waals surface area contributed by atoms with Crippen molar-refractivity contribution in [2.75, 3.05) is 0 Å². The summed E-state index contributed by atoms with van der Waals surface area (Å²) in [7, 11) is 0. The number of aromatic hydroxyl groups is 1. The number of hydrogen-bond donors (Lipinski definition) is 2. The molecular formula is C13H13BrN2O3. The van der Waals surface area contributed by atoms with Crippen LogP contribution in [0.3, 0.4) is 0 Å². The van der Waals surface area contributed by atoms with E-state index in [0.717, 1.165) is 10.0 Å². The van der Waals surface area contributed by atoms with Crippen molar-refractivity contribution in [2.45, 2.75) is 19.9 Å². The third kappa shape index (κ3) is 2.49. The summed E-state index contributed by atoms with van der Waals surface area (Å²) in [6.07, 6.45) is 0. The van der Waals surface area contributed by atoms with Crippen molar-refractivity contribution in [3.8, 4) is 5.88 Å². The first-order valence-electron chi connectivity index (χ1n) is 5.71. The lowest BCUT2D eigenvalue weighted by Crippen LogP contribution is -2.33. The molecule has 0 aliphatic rings. The standard InChI is InChI=1S/C13H13BrN2O3/c1-7-11(17)15-13(19)16(12(7)18)8(2)9-4-3-5-10(14)6-9/h3-6,8,18H,1-2H3,(H,15,17,19). The van der Waals surface area contributed by atoms with E-state index in [1.54, 1.807) is 6.92 Å². The van der Waals surface area contributed by atoms with Gasteiger partial charge in [0, 0.05) is 4.47 Å². The van der Waals surface area contributed by atoms with E-state index in [1.165, 1.54) is 11.5 Å². The maximum absolute atomic E-state index is 11.8. The van der Waals surface area contributed by atoms with Gasteiger partial charge in [-0.15, -0.1) is 0 Å². The molecule has 1 atom stereocenters. The number of H-pyrrole nitrogens is 1. The molecular weight excluding hydrogens is 312 g/mol. The highest BCUT2D eigenvalue weighted by Crippen LogP contribution is 2.23. The lowest BCUT2D eigenvalue weighted by Gasteiger charge is -2.17. The maximum Gasteiger partial charge on any atom is 0.331 e. The number of aromatic nitrogens is 2. The zero-order chi connectivity index (χ0) is 14.2. The van der Waals surface area contributed by atoms with Gasteiger partial charge in [0.15, 0.2) is 0 Å². The van der Waals surface area contributed by atoms with E-state index in [4.69, 9.17) is 0 Å². The minimum atomic E-state index is -0.624. The maximum atomic E-state index is 11.8. The first-order chi connectivity index (χ1) is 8.91. The molecule has 0 saturated heterocycles. The molecule has 19 heavy (non-hydrogen) atoms. The fourth-order valence-electron chi connectivity index (χ4n) is 1.90. The Morgan fingerprint density at radius 3 is 2.68 bits per heavy atom. The summed E-state index contributed by atoms with van der Waals surface area (Å²) < 4.78 is 2.05. The topological polar surface area (TPSA) is 75.1 Å². The van der Waals surface area contributed by atoms with Crippen LogP contribution in [-0.4, -0.2) is 14.7 Å². The van der Waals surface area contributed by atoms with Crippen LogP contribution >= 0.6 is 15.9 Å². The summed E-state index contributed by atoms with van der Waals surface area (Å²) in [6, 6.07) is 7.03. The number of halogens is 1. The molecule has 0 saturated carbocycles. The largest absolute Gasteiger partial charge is 0.494 e. The summed E-state index contributed by atoms with van der Waals surface area (Å²) in [6.45, 7) is 3.25. The molecule has 2 aromatic rings. The smallest absolute Gasteiger partial charge is 0.331 e. The van der Waals surface area contributed by atoms with E-state index in [2.05, 4.69) is 20.9 Å². The summed E-state index contributed by atoms with van der Waals surface area (Å²) in [5, 5.41) is 9.99. The summed E-state index contributed by atoms with van der Waals surface area (Å²) in [5.74, 6) is -0.304. The number of rotatable bonds is 2. The molecule has 0 spiro atoms. The van der Waals surface area contributed by atoms with Crippen molar-refractivity contribution in [1.29, 1.82) is 0 Å². The highest BCUT2D eigenvalue weighted by Gasteiger charge is 2.17. The van der Waals surface area contributed by atoms with Crippen LogP contribution in [0.1, 0.15) is 24.1 Å². The lowest BCUT2D eigenvalue weighted by molar-refractivity contribution is 0.384. The molecule has 1 unspecified atom stereocenters. The van der Waals surface area contributed by atoms with Gasteiger partial charge in [0.2, 0.25) is 5.88 Å². The van der Waals surface area contributed by atoms with Gasteiger partial charge in [-0.2, -0.15) is 0 Å². The van der Waals surface area contributed by atoms with E-state index in [0.29, 0.717) is 0 Å². The first-order valence-corrected chi connectivity index (χ1v) is 6.51. The third-order valence-electron chi connectivity index (χ3n) is 3.06. The average Bonchev–Trinajstić information content (AvgIpc) is 2.36. The molecule has 1 aromatic heterocycles. The zero-order valence-corrected chi connectivity index (χ0v) is 12.1. The fourth-order valence-corrected chi connectivity index (χ4v) is 2.32. The quantitative estimate of drug-likeness (QED) is 0.886. The van der Waals surface area contributed by atoms with Crippen LogP contribution in [0.15, 0.2) is 38.3 Å². The van der Waals surface area contributed by atoms with E-state index in [9.17, 15) is 14.7 Å². The van der Waals surface area contributed by atoms with Crippen molar-refractivity contribution in [1.82, 2.24) is 9.55 Å². The Morgan fingerprint density at radius 2 is 2.05 bits per heavy atom. The van der Waals surface area contributed by atoms with Gasteiger partial charge >= 0.3 is 5.69 Å². The van der Waals surface area contributed by atoms with Gasteiger partial charge in [-0.25, -0.2) is 4.79 Å². The molecule has 1 aromatic carbocycles. The van der Waals surface area contributed by atoms with E-state index in [-0.39, 0.29) is 17.5 Å². The summed E-state index contributed by atoms with van der Waals surface area (Å²) in [5.41, 5.74) is -0.222. The van der Waals surface area contributed by atoms with Crippen LogP contribution in [0.2, 0.25) is 0 Å². The van der Waals surface area contributed by atoms with E-state index in [1.807, 2.05) is 24.3 Å². The van der Waals surface area contributed by atoms with Crippen LogP contribution in [0, 0.1) is 6.92 Å². The van der Waals surface area contributed by atoms with Gasteiger partial charge in [-0.3, -0.25) is 14.3 Å². The molecule has 1 heterocycles. The van der Waals surface area contributed by atoms with Crippen molar-refractivity contribution >= 4 is 15.9 Å². The van der Waals surface area contributed by atoms with Crippen LogP contribution in [-0.2, 0) is 0 Å². The Kier molecular flexibility index (Phi) is 3.61. The monoisotopic (exact) mass is 324 g/mol. The number of hydrogen-bond acceptors (Lipinski definition) is 3. The highest BCUT2D eigenvalue weighted by atomic mass is 79.9. The van der Waals surface area contributed by atoms with E-state index < -0.39 is 11.2 Å². The Hall–Kier alpha value is -1.82. The van der Waals surface area contributed by atoms with Gasteiger partial charge in [-0.05, 0) is 31.5 Å². The molecule has 0 aliphatic carbocycles. The normalized spacial score (nSPS) is 12.4. The second-order valence-corrected chi connectivity index (χ2v) is 5.22. The molecule has 0 amide bonds. The summed E-state index contributed by atoms with van der Waals surface area (Å²) in [4.78, 5) is 25.4. The molecule has 100 valence electrons. The van der Waals surface area contributed by atoms with Gasteiger partial charge in [0.05, 0.1) is 11.6 Å². The van der Waals surface area contributed by atoms with Crippen LogP contribution in [0.5, 0.6) is 5.88 Å². The second-order valence-electron chi connectivity index (χ2n) is 4.31. The SMILES string of the molecule is Cc1c(O)n(C(C)c2cccc(Br)c2)c(=O)[nH]c1=O. The Morgan fingerprint density at radius 1 is 1.37 bits per heavy atom. The number of benzene rings is 1. The number of nitrogens with one attached hydrogen (secondary N) is 1. The van der Waals surface area contributed by atoms with Gasteiger partial charge in [0.1, 0.15) is 0 Å². The second kappa shape index (κ2) is 5.05. The number of aromatic amines is 1. The fraction of sp³-hybridized carbons (Fsp3) is 0.231. The third-order valence-corrected chi connectivity index (χ3v) is 3.56. The molecule has 0 bridgehead atoms. The van der Waals surface area contributed by atoms with Crippen LogP contribution in [0.25, 0.3) is 0 Å². The molecule has 2 rings (SSSR count). The Bertz CT molecular complexity index is 733. The predicted molar refractivity (Wildman–Crippen MR) is 75.7 cm³/mol. The van der Waals surface area contributed by atoms with E-state index >= 15 is 0 Å². The summed E-state index contributed by atoms with van der Waals surface area (Å²) >= 11 is 3.36. The zero-order valence-electron chi connectivity index (χ0n) is 10.5. The minimum Gasteiger partial charge on any atom is -0.494 e. The van der Waals surface area contributed by atoms with Crippen molar-refractivity contribution in [3.05, 3.63) is 60.7 Å². The van der Waals surface area contributed by atoms with Gasteiger partial charge < -0.3 is 5.11 Å². The molecule has 0 radical (unpaired) electrons. The predicted octanol–water partition coefficient (Wildman–Crippen LogP) is 1.92. The Balaban J connectivity index is 2.63. The van der Waals surface area contributed by atoms with Crippen molar-refractivity contribution in [2.24, 2.45) is 0 Å². The molecule has 2 N–H and O–H groups in total. The van der Waals surface area contributed by atoms with Crippen molar-refractivity contribution in [3.63, 3.8) is 0 Å². The Labute approximate surface area is 117 Å². The minimum absolute atomic E-state index is 0.126. The average molecular weight is 325 g/mol. The molecule has 6 heteroatoms. The molecule has 0 fully saturated rings. The molecule has 0 aliphatic heterocycles. The number of nitrogens with zero attached hydrogens (tertiary/aromatic N) is 1. The molecule has 5 nitrogen and oxygen atoms in total. The van der Waals surface area contributed by atoms with Crippen LogP contribution in [0.4, 0.5) is 0 Å². The van der Waals surface area contributed by atoms with Crippen LogP contribution < -0.4 is 11.2 Å². The van der Waals surface area contributed by atoms with Crippen molar-refractivity contribution < 1.29 is 5.11 Å².